The number of para-hydroxylation sites is 1. The van der Waals surface area contributed by atoms with Crippen molar-refractivity contribution in [3.8, 4) is 0 Å². The first-order valence-electron chi connectivity index (χ1n) is 20.2. The van der Waals surface area contributed by atoms with Gasteiger partial charge in [0.2, 0.25) is 23.6 Å². The number of carbonyl (C=O) groups is 5. The van der Waals surface area contributed by atoms with Crippen LogP contribution in [0, 0.1) is 5.92 Å². The number of fused-ring (bicyclic) bond motifs is 2. The van der Waals surface area contributed by atoms with Crippen LogP contribution in [-0.4, -0.2) is 90.3 Å². The number of aromatic nitrogens is 1. The zero-order valence-corrected chi connectivity index (χ0v) is 33.5. The number of piperidine rings is 1. The summed E-state index contributed by atoms with van der Waals surface area (Å²) in [5, 5.41) is 9.84. The van der Waals surface area contributed by atoms with E-state index in [1.807, 2.05) is 75.4 Å². The van der Waals surface area contributed by atoms with Crippen molar-refractivity contribution in [2.75, 3.05) is 20.8 Å². The molecule has 0 saturated carbocycles. The van der Waals surface area contributed by atoms with E-state index in [9.17, 15) is 24.0 Å². The number of hydrogen-bond donors (Lipinski definition) is 3. The molecule has 2 aromatic carbocycles. The minimum absolute atomic E-state index is 0.133. The molecule has 304 valence electrons. The predicted molar refractivity (Wildman–Crippen MR) is 212 cm³/mol. The van der Waals surface area contributed by atoms with Gasteiger partial charge in [-0.05, 0) is 68.1 Å². The third-order valence-electron chi connectivity index (χ3n) is 11.3. The summed E-state index contributed by atoms with van der Waals surface area (Å²) in [6.07, 6.45) is 7.07. The van der Waals surface area contributed by atoms with Crippen LogP contribution in [0.4, 0.5) is 0 Å². The summed E-state index contributed by atoms with van der Waals surface area (Å²) >= 11 is 0. The lowest BCUT2D eigenvalue weighted by Crippen LogP contribution is -2.64. The molecule has 4 amide bonds. The predicted octanol–water partition coefficient (Wildman–Crippen LogP) is 4.80. The van der Waals surface area contributed by atoms with E-state index >= 15 is 0 Å². The van der Waals surface area contributed by atoms with Crippen LogP contribution in [0.25, 0.3) is 10.9 Å². The Morgan fingerprint density at radius 3 is 2.27 bits per heavy atom. The quantitative estimate of drug-likeness (QED) is 0.139. The van der Waals surface area contributed by atoms with Gasteiger partial charge in [0.25, 0.3) is 0 Å². The SMILES string of the molecule is CC[C@H](CCCCC[C@@H]1NC(=O)[C@H]2CCCCN2C(=O)[C@H]([C@@H](C)CC)NC(=O)[C@H](Cc2cn(OC)c3ccccc23)NC1=O)OC(=O)[C@@H](OC)c1ccccc1. The summed E-state index contributed by atoms with van der Waals surface area (Å²) in [4.78, 5) is 76.8. The molecule has 0 aliphatic carbocycles. The number of methoxy groups -OCH3 is 1. The third-order valence-corrected chi connectivity index (χ3v) is 11.3. The fourth-order valence-corrected chi connectivity index (χ4v) is 7.82. The molecule has 7 atom stereocenters. The molecule has 2 aliphatic heterocycles. The van der Waals surface area contributed by atoms with E-state index in [1.165, 1.54) is 7.11 Å². The number of nitrogens with zero attached hydrogens (tertiary/aromatic N) is 2. The summed E-state index contributed by atoms with van der Waals surface area (Å²) in [6.45, 7) is 6.24. The van der Waals surface area contributed by atoms with Gasteiger partial charge in [-0.15, -0.1) is 0 Å². The summed E-state index contributed by atoms with van der Waals surface area (Å²) in [6, 6.07) is 13.3. The fourth-order valence-electron chi connectivity index (χ4n) is 7.82. The molecule has 0 radical (unpaired) electrons. The second kappa shape index (κ2) is 20.3. The Labute approximate surface area is 330 Å². The number of unbranched alkanes of at least 4 members (excludes halogenated alkanes) is 2. The summed E-state index contributed by atoms with van der Waals surface area (Å²) in [5.74, 6) is -2.21. The number of nitrogens with one attached hydrogen (secondary N) is 3. The molecule has 3 aromatic rings. The molecule has 0 spiro atoms. The lowest BCUT2D eigenvalue weighted by Gasteiger charge is -2.39. The molecular formula is C43H59N5O8. The van der Waals surface area contributed by atoms with Gasteiger partial charge >= 0.3 is 5.97 Å². The van der Waals surface area contributed by atoms with Gasteiger partial charge in [-0.1, -0.05) is 88.6 Å². The van der Waals surface area contributed by atoms with Crippen LogP contribution in [-0.2, 0) is 39.9 Å². The number of carbonyl (C=O) groups excluding carboxylic acids is 5. The van der Waals surface area contributed by atoms with E-state index in [1.54, 1.807) is 22.9 Å². The number of ether oxygens (including phenoxy) is 2. The van der Waals surface area contributed by atoms with Gasteiger partial charge in [-0.2, -0.15) is 4.73 Å². The number of amides is 4. The Morgan fingerprint density at radius 2 is 1.55 bits per heavy atom. The molecule has 13 nitrogen and oxygen atoms in total. The molecular weight excluding hydrogens is 715 g/mol. The van der Waals surface area contributed by atoms with Crippen molar-refractivity contribution in [2.24, 2.45) is 5.92 Å². The van der Waals surface area contributed by atoms with Crippen LogP contribution in [0.5, 0.6) is 0 Å². The molecule has 2 aliphatic rings. The second-order valence-electron chi connectivity index (χ2n) is 15.1. The zero-order chi connectivity index (χ0) is 40.2. The van der Waals surface area contributed by atoms with Crippen LogP contribution >= 0.6 is 0 Å². The van der Waals surface area contributed by atoms with E-state index < -0.39 is 48.1 Å². The van der Waals surface area contributed by atoms with Gasteiger partial charge in [0.05, 0.1) is 5.52 Å². The number of benzene rings is 2. The average Bonchev–Trinajstić information content (AvgIpc) is 3.58. The first-order valence-corrected chi connectivity index (χ1v) is 20.2. The van der Waals surface area contributed by atoms with Crippen LogP contribution in [0.3, 0.4) is 0 Å². The minimum atomic E-state index is -1.04. The van der Waals surface area contributed by atoms with Crippen molar-refractivity contribution in [1.29, 1.82) is 0 Å². The monoisotopic (exact) mass is 773 g/mol. The maximum Gasteiger partial charge on any atom is 0.340 e. The van der Waals surface area contributed by atoms with Gasteiger partial charge in [0.1, 0.15) is 37.4 Å². The number of rotatable bonds is 16. The molecule has 3 heterocycles. The smallest absolute Gasteiger partial charge is 0.340 e. The highest BCUT2D eigenvalue weighted by Crippen LogP contribution is 2.25. The molecule has 5 rings (SSSR count). The largest absolute Gasteiger partial charge is 0.460 e. The standard InChI is InChI=1S/C43H59N5O8/c1-6-28(3)37-42(52)47-25-17-16-24-36(47)41(51)44-33(22-13-9-12-20-31(7-2)56-43(53)38(54-4)29-18-10-8-11-19-29)39(49)45-34(40(50)46-37)26-30-27-48(55-5)35-23-15-14-21-32(30)35/h8,10-11,14-15,18-19,21,23,27-28,31,33-34,36-38H,6-7,9,12-13,16-17,20,22,24-26H2,1-5H3,(H,44,51)(H,45,49)(H,46,50)/t28-,31+,33-,34-,36+,37-,38-/m0/s1. The minimum Gasteiger partial charge on any atom is -0.460 e. The molecule has 0 bridgehead atoms. The Morgan fingerprint density at radius 1 is 0.839 bits per heavy atom. The van der Waals surface area contributed by atoms with Crippen molar-refractivity contribution in [3.05, 3.63) is 71.9 Å². The number of esters is 1. The van der Waals surface area contributed by atoms with Gasteiger partial charge in [0.15, 0.2) is 6.10 Å². The van der Waals surface area contributed by atoms with Crippen molar-refractivity contribution in [2.45, 2.75) is 128 Å². The Bertz CT molecular complexity index is 1800. The highest BCUT2D eigenvalue weighted by molar-refractivity contribution is 5.98. The summed E-state index contributed by atoms with van der Waals surface area (Å²) in [5.41, 5.74) is 2.32. The Balaban J connectivity index is 1.32. The van der Waals surface area contributed by atoms with Crippen LogP contribution in [0.2, 0.25) is 0 Å². The fraction of sp³-hybridized carbons (Fsp3) is 0.558. The first kappa shape index (κ1) is 42.2. The van der Waals surface area contributed by atoms with Crippen LogP contribution < -0.4 is 20.8 Å². The lowest BCUT2D eigenvalue weighted by molar-refractivity contribution is -0.162. The van der Waals surface area contributed by atoms with Gasteiger partial charge in [-0.3, -0.25) is 19.2 Å². The van der Waals surface area contributed by atoms with Crippen molar-refractivity contribution < 1.29 is 38.3 Å². The van der Waals surface area contributed by atoms with Gasteiger partial charge < -0.3 is 35.2 Å². The van der Waals surface area contributed by atoms with Gasteiger partial charge in [0, 0.05) is 31.7 Å². The molecule has 2 fully saturated rings. The van der Waals surface area contributed by atoms with Crippen molar-refractivity contribution in [3.63, 3.8) is 0 Å². The van der Waals surface area contributed by atoms with E-state index in [-0.39, 0.29) is 30.3 Å². The topological polar surface area (TPSA) is 157 Å². The molecule has 3 N–H and O–H groups in total. The van der Waals surface area contributed by atoms with Crippen LogP contribution in [0.15, 0.2) is 60.8 Å². The Hall–Kier alpha value is -4.91. The maximum absolute atomic E-state index is 14.2. The van der Waals surface area contributed by atoms with Crippen LogP contribution in [0.1, 0.15) is 102 Å². The molecule has 13 heteroatoms. The van der Waals surface area contributed by atoms with E-state index in [2.05, 4.69) is 16.0 Å². The number of hydrogen-bond acceptors (Lipinski definition) is 8. The lowest BCUT2D eigenvalue weighted by atomic mass is 9.93. The maximum atomic E-state index is 14.2. The highest BCUT2D eigenvalue weighted by atomic mass is 16.6. The van der Waals surface area contributed by atoms with E-state index in [4.69, 9.17) is 14.3 Å². The van der Waals surface area contributed by atoms with Crippen molar-refractivity contribution in [1.82, 2.24) is 25.6 Å². The third kappa shape index (κ3) is 10.3. The second-order valence-corrected chi connectivity index (χ2v) is 15.1. The zero-order valence-electron chi connectivity index (χ0n) is 33.5. The molecule has 1 aromatic heterocycles. The summed E-state index contributed by atoms with van der Waals surface area (Å²) < 4.78 is 12.9. The summed E-state index contributed by atoms with van der Waals surface area (Å²) in [7, 11) is 3.04. The van der Waals surface area contributed by atoms with Gasteiger partial charge in [-0.25, -0.2) is 4.79 Å². The normalized spacial score (nSPS) is 22.4. The Kier molecular flexibility index (Phi) is 15.3. The molecule has 2 saturated heterocycles. The highest BCUT2D eigenvalue weighted by Gasteiger charge is 2.41. The van der Waals surface area contributed by atoms with E-state index in [0.717, 1.165) is 41.3 Å². The van der Waals surface area contributed by atoms with Crippen molar-refractivity contribution >= 4 is 40.5 Å². The average molecular weight is 774 g/mol. The first-order chi connectivity index (χ1) is 27.1. The van der Waals surface area contributed by atoms with E-state index in [0.29, 0.717) is 51.5 Å². The molecule has 56 heavy (non-hydrogen) atoms. The molecule has 0 unspecified atom stereocenters.